The van der Waals surface area contributed by atoms with Gasteiger partial charge in [-0.25, -0.2) is 0 Å². The van der Waals surface area contributed by atoms with Gasteiger partial charge in [0, 0.05) is 5.54 Å². The van der Waals surface area contributed by atoms with Crippen molar-refractivity contribution in [3.05, 3.63) is 0 Å². The van der Waals surface area contributed by atoms with Gasteiger partial charge in [-0.2, -0.15) is 0 Å². The predicted octanol–water partition coefficient (Wildman–Crippen LogP) is 2.63. The van der Waals surface area contributed by atoms with Crippen molar-refractivity contribution in [1.29, 1.82) is 0 Å². The molecule has 0 saturated heterocycles. The third-order valence-electron chi connectivity index (χ3n) is 2.11. The number of unbranched alkanes of at least 4 members (excludes halogenated alkanes) is 4. The molecule has 0 saturated carbocycles. The van der Waals surface area contributed by atoms with Crippen molar-refractivity contribution in [2.45, 2.75) is 64.8 Å². The lowest BCUT2D eigenvalue weighted by molar-refractivity contribution is -0.144. The first-order valence-electron chi connectivity index (χ1n) is 5.90. The summed E-state index contributed by atoms with van der Waals surface area (Å²) in [5, 5.41) is 0. The van der Waals surface area contributed by atoms with Crippen molar-refractivity contribution in [3.63, 3.8) is 0 Å². The van der Waals surface area contributed by atoms with Crippen LogP contribution in [0.1, 0.15) is 59.3 Å². The van der Waals surface area contributed by atoms with E-state index in [4.69, 9.17) is 10.5 Å². The molecule has 0 radical (unpaired) electrons. The molecule has 0 aromatic heterocycles. The standard InChI is InChI=1S/C12H25NO2/c1-4-5-6-7-8-9-15-11(14)10-12(2,3)13/h4-10,13H2,1-3H3. The van der Waals surface area contributed by atoms with Gasteiger partial charge in [-0.3, -0.25) is 4.79 Å². The molecule has 3 heteroatoms. The summed E-state index contributed by atoms with van der Waals surface area (Å²) in [6, 6.07) is 0. The van der Waals surface area contributed by atoms with E-state index in [0.29, 0.717) is 13.0 Å². The zero-order valence-corrected chi connectivity index (χ0v) is 10.3. The number of nitrogens with two attached hydrogens (primary N) is 1. The van der Waals surface area contributed by atoms with E-state index in [1.807, 2.05) is 13.8 Å². The maximum absolute atomic E-state index is 11.2. The molecule has 0 amide bonds. The number of carbonyl (C=O) groups is 1. The Morgan fingerprint density at radius 1 is 1.20 bits per heavy atom. The average Bonchev–Trinajstić information content (AvgIpc) is 2.08. The monoisotopic (exact) mass is 215 g/mol. The van der Waals surface area contributed by atoms with E-state index >= 15 is 0 Å². The highest BCUT2D eigenvalue weighted by Crippen LogP contribution is 2.06. The Hall–Kier alpha value is -0.570. The summed E-state index contributed by atoms with van der Waals surface area (Å²) in [4.78, 5) is 11.2. The van der Waals surface area contributed by atoms with E-state index in [-0.39, 0.29) is 5.97 Å². The molecule has 0 spiro atoms. The van der Waals surface area contributed by atoms with Crippen LogP contribution in [-0.4, -0.2) is 18.1 Å². The smallest absolute Gasteiger partial charge is 0.307 e. The Labute approximate surface area is 93.4 Å². The predicted molar refractivity (Wildman–Crippen MR) is 62.6 cm³/mol. The van der Waals surface area contributed by atoms with Gasteiger partial charge in [0.1, 0.15) is 0 Å². The second-order valence-electron chi connectivity index (χ2n) is 4.80. The van der Waals surface area contributed by atoms with Crippen LogP contribution in [-0.2, 0) is 9.53 Å². The molecule has 0 bridgehead atoms. The van der Waals surface area contributed by atoms with E-state index in [1.165, 1.54) is 19.3 Å². The quantitative estimate of drug-likeness (QED) is 0.500. The normalized spacial score (nSPS) is 11.5. The molecule has 0 fully saturated rings. The number of hydrogen-bond acceptors (Lipinski definition) is 3. The summed E-state index contributed by atoms with van der Waals surface area (Å²) in [5.74, 6) is -0.182. The van der Waals surface area contributed by atoms with Gasteiger partial charge in [-0.05, 0) is 20.3 Å². The molecule has 0 aliphatic rings. The topological polar surface area (TPSA) is 52.3 Å². The van der Waals surface area contributed by atoms with Gasteiger partial charge in [-0.1, -0.05) is 32.6 Å². The van der Waals surface area contributed by atoms with Crippen molar-refractivity contribution in [2.24, 2.45) is 5.73 Å². The highest BCUT2D eigenvalue weighted by atomic mass is 16.5. The van der Waals surface area contributed by atoms with Gasteiger partial charge in [0.2, 0.25) is 0 Å². The van der Waals surface area contributed by atoms with Crippen LogP contribution >= 0.6 is 0 Å². The Morgan fingerprint density at radius 2 is 1.80 bits per heavy atom. The van der Waals surface area contributed by atoms with Crippen LogP contribution in [0, 0.1) is 0 Å². The number of hydrogen-bond donors (Lipinski definition) is 1. The summed E-state index contributed by atoms with van der Waals surface area (Å²) in [6.45, 7) is 6.38. The number of carbonyl (C=O) groups excluding carboxylic acids is 1. The van der Waals surface area contributed by atoms with Crippen LogP contribution in [0.5, 0.6) is 0 Å². The van der Waals surface area contributed by atoms with Crippen LogP contribution in [0.25, 0.3) is 0 Å². The first kappa shape index (κ1) is 14.4. The maximum atomic E-state index is 11.2. The van der Waals surface area contributed by atoms with Crippen LogP contribution in [0.4, 0.5) is 0 Å². The molecule has 0 atom stereocenters. The van der Waals surface area contributed by atoms with E-state index in [1.54, 1.807) is 0 Å². The van der Waals surface area contributed by atoms with E-state index < -0.39 is 5.54 Å². The van der Waals surface area contributed by atoms with Crippen molar-refractivity contribution in [2.75, 3.05) is 6.61 Å². The minimum absolute atomic E-state index is 0.182. The highest BCUT2D eigenvalue weighted by Gasteiger charge is 2.16. The van der Waals surface area contributed by atoms with Crippen molar-refractivity contribution >= 4 is 5.97 Å². The first-order chi connectivity index (χ1) is 6.95. The van der Waals surface area contributed by atoms with Crippen molar-refractivity contribution < 1.29 is 9.53 Å². The average molecular weight is 215 g/mol. The van der Waals surface area contributed by atoms with Gasteiger partial charge in [0.25, 0.3) is 0 Å². The van der Waals surface area contributed by atoms with Crippen molar-refractivity contribution in [3.8, 4) is 0 Å². The van der Waals surface area contributed by atoms with Crippen molar-refractivity contribution in [1.82, 2.24) is 0 Å². The minimum atomic E-state index is -0.459. The van der Waals surface area contributed by atoms with Gasteiger partial charge in [0.15, 0.2) is 0 Å². The molecule has 0 aliphatic heterocycles. The van der Waals surface area contributed by atoms with E-state index in [9.17, 15) is 4.79 Å². The van der Waals surface area contributed by atoms with Crippen LogP contribution < -0.4 is 5.73 Å². The fourth-order valence-corrected chi connectivity index (χ4v) is 1.31. The van der Waals surface area contributed by atoms with Crippen LogP contribution in [0.15, 0.2) is 0 Å². The molecule has 90 valence electrons. The first-order valence-corrected chi connectivity index (χ1v) is 5.90. The van der Waals surface area contributed by atoms with E-state index in [2.05, 4.69) is 6.92 Å². The second kappa shape index (κ2) is 7.69. The second-order valence-corrected chi connectivity index (χ2v) is 4.80. The molecule has 0 rings (SSSR count). The minimum Gasteiger partial charge on any atom is -0.466 e. The fourth-order valence-electron chi connectivity index (χ4n) is 1.31. The molecule has 0 aromatic carbocycles. The molecule has 0 unspecified atom stereocenters. The van der Waals surface area contributed by atoms with E-state index in [0.717, 1.165) is 12.8 Å². The lowest BCUT2D eigenvalue weighted by Crippen LogP contribution is -2.35. The number of rotatable bonds is 8. The summed E-state index contributed by atoms with van der Waals surface area (Å²) < 4.78 is 5.08. The molecule has 0 aromatic rings. The SMILES string of the molecule is CCCCCCCOC(=O)CC(C)(C)N. The lowest BCUT2D eigenvalue weighted by Gasteiger charge is -2.16. The summed E-state index contributed by atoms with van der Waals surface area (Å²) in [6.07, 6.45) is 6.15. The lowest BCUT2D eigenvalue weighted by atomic mass is 10.0. The van der Waals surface area contributed by atoms with Gasteiger partial charge >= 0.3 is 5.97 Å². The Bertz CT molecular complexity index is 173. The molecule has 3 nitrogen and oxygen atoms in total. The van der Waals surface area contributed by atoms with Gasteiger partial charge in [0.05, 0.1) is 13.0 Å². The number of ether oxygens (including phenoxy) is 1. The Kier molecular flexibility index (Phi) is 7.39. The van der Waals surface area contributed by atoms with Crippen LogP contribution in [0.2, 0.25) is 0 Å². The fraction of sp³-hybridized carbons (Fsp3) is 0.917. The highest BCUT2D eigenvalue weighted by molar-refractivity contribution is 5.70. The molecular formula is C12H25NO2. The third kappa shape index (κ3) is 11.4. The van der Waals surface area contributed by atoms with Crippen LogP contribution in [0.3, 0.4) is 0 Å². The van der Waals surface area contributed by atoms with Gasteiger partial charge < -0.3 is 10.5 Å². The Balaban J connectivity index is 3.32. The van der Waals surface area contributed by atoms with Gasteiger partial charge in [-0.15, -0.1) is 0 Å². The zero-order chi connectivity index (χ0) is 11.7. The largest absolute Gasteiger partial charge is 0.466 e. The third-order valence-corrected chi connectivity index (χ3v) is 2.11. The molecule has 2 N–H and O–H groups in total. The summed E-state index contributed by atoms with van der Waals surface area (Å²) in [5.41, 5.74) is 5.25. The maximum Gasteiger partial charge on any atom is 0.307 e. The molecule has 0 aliphatic carbocycles. The molecular weight excluding hydrogens is 190 g/mol. The molecule has 0 heterocycles. The summed E-state index contributed by atoms with van der Waals surface area (Å²) >= 11 is 0. The summed E-state index contributed by atoms with van der Waals surface area (Å²) in [7, 11) is 0. The zero-order valence-electron chi connectivity index (χ0n) is 10.3. The molecule has 15 heavy (non-hydrogen) atoms. The number of esters is 1. The Morgan fingerprint density at radius 3 is 2.33 bits per heavy atom.